The number of hydrogen-bond acceptors (Lipinski definition) is 8. The van der Waals surface area contributed by atoms with E-state index in [2.05, 4.69) is 20.5 Å². The maximum atomic E-state index is 5.79. The Morgan fingerprint density at radius 3 is 2.92 bits per heavy atom. The Labute approximate surface area is 158 Å². The molecule has 0 amide bonds. The van der Waals surface area contributed by atoms with Gasteiger partial charge in [0.1, 0.15) is 17.2 Å². The molecule has 7 nitrogen and oxygen atoms in total. The zero-order chi connectivity index (χ0) is 17.9. The van der Waals surface area contributed by atoms with E-state index in [0.717, 1.165) is 22.0 Å². The van der Waals surface area contributed by atoms with Crippen LogP contribution in [0.15, 0.2) is 51.4 Å². The number of methoxy groups -OCH3 is 1. The zero-order valence-electron chi connectivity index (χ0n) is 14.1. The molecule has 26 heavy (non-hydrogen) atoms. The summed E-state index contributed by atoms with van der Waals surface area (Å²) in [6.45, 7) is 1.92. The van der Waals surface area contributed by atoms with E-state index >= 15 is 0 Å². The Balaban J connectivity index is 1.56. The van der Waals surface area contributed by atoms with Gasteiger partial charge in [0.15, 0.2) is 0 Å². The first-order valence-corrected chi connectivity index (χ1v) is 9.67. The van der Waals surface area contributed by atoms with Crippen LogP contribution in [0, 0.1) is 6.92 Å². The second-order valence-corrected chi connectivity index (χ2v) is 7.22. The van der Waals surface area contributed by atoms with Crippen LogP contribution in [0.2, 0.25) is 0 Å². The minimum Gasteiger partial charge on any atom is -0.494 e. The van der Waals surface area contributed by atoms with Crippen molar-refractivity contribution in [3.8, 4) is 22.2 Å². The maximum Gasteiger partial charge on any atom is 0.236 e. The lowest BCUT2D eigenvalue weighted by Gasteiger charge is -2.08. The van der Waals surface area contributed by atoms with Gasteiger partial charge in [-0.2, -0.15) is 4.68 Å². The quantitative estimate of drug-likeness (QED) is 0.464. The van der Waals surface area contributed by atoms with E-state index < -0.39 is 0 Å². The molecule has 0 N–H and O–H groups in total. The summed E-state index contributed by atoms with van der Waals surface area (Å²) in [6, 6.07) is 11.6. The average Bonchev–Trinajstić information content (AvgIpc) is 3.41. The standard InChI is InChI=1S/C17H15N5O2S2/c1-11-12(18-16(24-11)15-8-5-9-25-15)10-26-17-19-20-21-22(17)13-6-3-4-7-14(13)23-2/h3-9H,10H2,1-2H3. The van der Waals surface area contributed by atoms with Crippen LogP contribution < -0.4 is 4.74 Å². The molecule has 0 saturated carbocycles. The summed E-state index contributed by atoms with van der Waals surface area (Å²) in [4.78, 5) is 5.63. The van der Waals surface area contributed by atoms with E-state index in [9.17, 15) is 0 Å². The van der Waals surface area contributed by atoms with Gasteiger partial charge >= 0.3 is 0 Å². The molecule has 3 aromatic heterocycles. The van der Waals surface area contributed by atoms with Crippen molar-refractivity contribution < 1.29 is 9.15 Å². The highest BCUT2D eigenvalue weighted by atomic mass is 32.2. The SMILES string of the molecule is COc1ccccc1-n1nnnc1SCc1nc(-c2cccs2)oc1C. The number of hydrogen-bond donors (Lipinski definition) is 0. The highest BCUT2D eigenvalue weighted by Gasteiger charge is 2.16. The number of benzene rings is 1. The number of rotatable bonds is 6. The summed E-state index contributed by atoms with van der Waals surface area (Å²) >= 11 is 3.10. The molecule has 0 aliphatic rings. The van der Waals surface area contributed by atoms with Gasteiger partial charge in [-0.1, -0.05) is 30.0 Å². The third-order valence-corrected chi connectivity index (χ3v) is 5.51. The number of aromatic nitrogens is 5. The van der Waals surface area contributed by atoms with Crippen LogP contribution in [0.4, 0.5) is 0 Å². The van der Waals surface area contributed by atoms with Crippen LogP contribution >= 0.6 is 23.1 Å². The molecule has 132 valence electrons. The van der Waals surface area contributed by atoms with E-state index in [-0.39, 0.29) is 0 Å². The van der Waals surface area contributed by atoms with Gasteiger partial charge in [-0.05, 0) is 40.9 Å². The fraction of sp³-hybridized carbons (Fsp3) is 0.176. The Kier molecular flexibility index (Phi) is 4.72. The summed E-state index contributed by atoms with van der Waals surface area (Å²) in [5, 5.41) is 14.7. The predicted octanol–water partition coefficient (Wildman–Crippen LogP) is 3.99. The molecule has 1 aromatic carbocycles. The second kappa shape index (κ2) is 7.30. The van der Waals surface area contributed by atoms with Crippen LogP contribution in [0.5, 0.6) is 5.75 Å². The van der Waals surface area contributed by atoms with Crippen molar-refractivity contribution >= 4 is 23.1 Å². The van der Waals surface area contributed by atoms with E-state index in [1.54, 1.807) is 23.1 Å². The van der Waals surface area contributed by atoms with Gasteiger partial charge in [0.05, 0.1) is 17.7 Å². The highest BCUT2D eigenvalue weighted by Crippen LogP contribution is 2.30. The van der Waals surface area contributed by atoms with Crippen LogP contribution in [0.25, 0.3) is 16.5 Å². The Morgan fingerprint density at radius 1 is 1.23 bits per heavy atom. The van der Waals surface area contributed by atoms with Gasteiger partial charge in [-0.25, -0.2) is 4.98 Å². The molecular formula is C17H15N5O2S2. The minimum atomic E-state index is 0.607. The molecule has 3 heterocycles. The molecule has 0 atom stereocenters. The highest BCUT2D eigenvalue weighted by molar-refractivity contribution is 7.98. The first kappa shape index (κ1) is 16.8. The lowest BCUT2D eigenvalue weighted by Crippen LogP contribution is -2.02. The van der Waals surface area contributed by atoms with E-state index in [1.165, 1.54) is 11.8 Å². The van der Waals surface area contributed by atoms with E-state index in [0.29, 0.717) is 22.5 Å². The predicted molar refractivity (Wildman–Crippen MR) is 99.8 cm³/mol. The number of thioether (sulfide) groups is 1. The number of aryl methyl sites for hydroxylation is 1. The monoisotopic (exact) mass is 385 g/mol. The third-order valence-electron chi connectivity index (χ3n) is 3.72. The molecule has 9 heteroatoms. The number of para-hydroxylation sites is 2. The lowest BCUT2D eigenvalue weighted by atomic mass is 10.3. The van der Waals surface area contributed by atoms with Crippen molar-refractivity contribution in [1.29, 1.82) is 0 Å². The summed E-state index contributed by atoms with van der Waals surface area (Å²) in [5.74, 6) is 2.77. The first-order chi connectivity index (χ1) is 12.8. The fourth-order valence-corrected chi connectivity index (χ4v) is 3.96. The third kappa shape index (κ3) is 3.23. The lowest BCUT2D eigenvalue weighted by molar-refractivity contribution is 0.410. The van der Waals surface area contributed by atoms with Gasteiger partial charge in [0.2, 0.25) is 11.0 Å². The van der Waals surface area contributed by atoms with Crippen LogP contribution in [0.3, 0.4) is 0 Å². The van der Waals surface area contributed by atoms with Gasteiger partial charge in [-0.15, -0.1) is 16.4 Å². The normalized spacial score (nSPS) is 11.0. The Bertz CT molecular complexity index is 1010. The smallest absolute Gasteiger partial charge is 0.236 e. The number of ether oxygens (including phenoxy) is 1. The van der Waals surface area contributed by atoms with E-state index in [1.807, 2.05) is 48.7 Å². The van der Waals surface area contributed by atoms with Crippen LogP contribution in [-0.4, -0.2) is 32.3 Å². The van der Waals surface area contributed by atoms with Gasteiger partial charge in [0, 0.05) is 5.75 Å². The number of oxazole rings is 1. The van der Waals surface area contributed by atoms with Crippen molar-refractivity contribution in [3.63, 3.8) is 0 Å². The number of thiophene rings is 1. The zero-order valence-corrected chi connectivity index (χ0v) is 15.8. The van der Waals surface area contributed by atoms with Crippen molar-refractivity contribution in [2.45, 2.75) is 17.8 Å². The Hall–Kier alpha value is -2.65. The molecule has 0 radical (unpaired) electrons. The van der Waals surface area contributed by atoms with Gasteiger partial charge in [0.25, 0.3) is 0 Å². The molecule has 0 spiro atoms. The minimum absolute atomic E-state index is 0.607. The van der Waals surface area contributed by atoms with Crippen LogP contribution in [-0.2, 0) is 5.75 Å². The number of nitrogens with zero attached hydrogens (tertiary/aromatic N) is 5. The molecule has 0 unspecified atom stereocenters. The van der Waals surface area contributed by atoms with Gasteiger partial charge < -0.3 is 9.15 Å². The number of tetrazole rings is 1. The van der Waals surface area contributed by atoms with Crippen molar-refractivity contribution in [2.75, 3.05) is 7.11 Å². The summed E-state index contributed by atoms with van der Waals surface area (Å²) in [6.07, 6.45) is 0. The van der Waals surface area contributed by atoms with Crippen LogP contribution in [0.1, 0.15) is 11.5 Å². The summed E-state index contributed by atoms with van der Waals surface area (Å²) in [7, 11) is 1.63. The molecule has 0 aliphatic heterocycles. The second-order valence-electron chi connectivity index (χ2n) is 5.33. The van der Waals surface area contributed by atoms with Crippen molar-refractivity contribution in [3.05, 3.63) is 53.2 Å². The largest absolute Gasteiger partial charge is 0.494 e. The van der Waals surface area contributed by atoms with Crippen molar-refractivity contribution in [2.24, 2.45) is 0 Å². The maximum absolute atomic E-state index is 5.79. The Morgan fingerprint density at radius 2 is 2.12 bits per heavy atom. The average molecular weight is 385 g/mol. The molecule has 0 saturated heterocycles. The molecule has 4 rings (SSSR count). The van der Waals surface area contributed by atoms with E-state index in [4.69, 9.17) is 9.15 Å². The summed E-state index contributed by atoms with van der Waals surface area (Å²) < 4.78 is 12.9. The van der Waals surface area contributed by atoms with Gasteiger partial charge in [-0.3, -0.25) is 0 Å². The first-order valence-electron chi connectivity index (χ1n) is 7.81. The molecule has 0 fully saturated rings. The van der Waals surface area contributed by atoms with Crippen molar-refractivity contribution in [1.82, 2.24) is 25.2 Å². The molecule has 4 aromatic rings. The summed E-state index contributed by atoms with van der Waals surface area (Å²) in [5.41, 5.74) is 1.67. The molecular weight excluding hydrogens is 370 g/mol. The molecule has 0 aliphatic carbocycles. The fourth-order valence-electron chi connectivity index (χ4n) is 2.43. The molecule has 0 bridgehead atoms. The topological polar surface area (TPSA) is 78.9 Å².